The van der Waals surface area contributed by atoms with Gasteiger partial charge in [0.25, 0.3) is 0 Å². The van der Waals surface area contributed by atoms with Crippen LogP contribution in [0.5, 0.6) is 0 Å². The van der Waals surface area contributed by atoms with Gasteiger partial charge < -0.3 is 20.8 Å². The predicted molar refractivity (Wildman–Crippen MR) is 64.9 cm³/mol. The minimum absolute atomic E-state index is 0.0701. The summed E-state index contributed by atoms with van der Waals surface area (Å²) in [6.45, 7) is -0.188. The van der Waals surface area contributed by atoms with E-state index in [9.17, 15) is 14.0 Å². The maximum Gasteiger partial charge on any atom is 0.326 e. The van der Waals surface area contributed by atoms with Gasteiger partial charge in [0, 0.05) is 19.6 Å². The molecule has 0 aromatic heterocycles. The maximum absolute atomic E-state index is 12.6. The minimum Gasteiger partial charge on any atom is -0.480 e. The molecule has 0 saturated carbocycles. The Morgan fingerprint density at radius 3 is 2.42 bits per heavy atom. The summed E-state index contributed by atoms with van der Waals surface area (Å²) in [4.78, 5) is 22.2. The lowest BCUT2D eigenvalue weighted by atomic mass is 10.2. The molecule has 104 valence electrons. The van der Waals surface area contributed by atoms with Crippen molar-refractivity contribution in [1.29, 1.82) is 0 Å². The quantitative estimate of drug-likeness (QED) is 0.603. The number of hydrogen-bond donors (Lipinski definition) is 4. The molecule has 0 heterocycles. The first-order valence-electron chi connectivity index (χ1n) is 5.65. The van der Waals surface area contributed by atoms with Crippen molar-refractivity contribution in [3.63, 3.8) is 0 Å². The summed E-state index contributed by atoms with van der Waals surface area (Å²) in [6.07, 6.45) is -0.0701. The number of hydrogen-bond acceptors (Lipinski definition) is 3. The number of rotatable bonds is 6. The number of carboxylic acid groups (broad SMARTS) is 1. The van der Waals surface area contributed by atoms with Gasteiger partial charge in [0.15, 0.2) is 0 Å². The first-order chi connectivity index (χ1) is 9.02. The average molecular weight is 270 g/mol. The number of aliphatic hydroxyl groups is 1. The highest BCUT2D eigenvalue weighted by Crippen LogP contribution is 2.02. The third-order valence-electron chi connectivity index (χ3n) is 2.39. The van der Waals surface area contributed by atoms with Crippen LogP contribution in [0, 0.1) is 5.82 Å². The molecule has 7 heteroatoms. The van der Waals surface area contributed by atoms with Crippen molar-refractivity contribution in [2.45, 2.75) is 19.0 Å². The molecule has 1 aromatic rings. The second kappa shape index (κ2) is 7.32. The van der Waals surface area contributed by atoms with Gasteiger partial charge in [0.05, 0.1) is 0 Å². The Labute approximate surface area is 109 Å². The van der Waals surface area contributed by atoms with Crippen molar-refractivity contribution in [2.75, 3.05) is 6.61 Å². The number of carbonyl (C=O) groups is 2. The van der Waals surface area contributed by atoms with Gasteiger partial charge in [-0.2, -0.15) is 0 Å². The second-order valence-corrected chi connectivity index (χ2v) is 3.86. The normalized spacial score (nSPS) is 11.7. The summed E-state index contributed by atoms with van der Waals surface area (Å²) in [6, 6.07) is 3.75. The number of carboxylic acids is 1. The van der Waals surface area contributed by atoms with E-state index in [2.05, 4.69) is 10.6 Å². The van der Waals surface area contributed by atoms with E-state index in [1.807, 2.05) is 0 Å². The molecule has 4 N–H and O–H groups in total. The smallest absolute Gasteiger partial charge is 0.326 e. The maximum atomic E-state index is 12.6. The zero-order valence-corrected chi connectivity index (χ0v) is 10.1. The average Bonchev–Trinajstić information content (AvgIpc) is 2.37. The van der Waals surface area contributed by atoms with Gasteiger partial charge in [-0.1, -0.05) is 12.1 Å². The number of nitrogens with one attached hydrogen (secondary N) is 2. The molecule has 0 radical (unpaired) electrons. The zero-order chi connectivity index (χ0) is 14.3. The van der Waals surface area contributed by atoms with Crippen molar-refractivity contribution >= 4 is 12.0 Å². The summed E-state index contributed by atoms with van der Waals surface area (Å²) in [5.74, 6) is -1.59. The van der Waals surface area contributed by atoms with E-state index in [0.717, 1.165) is 0 Å². The van der Waals surface area contributed by atoms with Crippen LogP contribution in [-0.4, -0.2) is 34.9 Å². The molecular weight excluding hydrogens is 255 g/mol. The molecule has 6 nitrogen and oxygen atoms in total. The van der Waals surface area contributed by atoms with Gasteiger partial charge in [-0.15, -0.1) is 0 Å². The highest BCUT2D eigenvalue weighted by atomic mass is 19.1. The molecule has 0 saturated heterocycles. The van der Waals surface area contributed by atoms with Gasteiger partial charge in [0.1, 0.15) is 11.9 Å². The number of carbonyl (C=O) groups excluding carboxylic acids is 1. The predicted octanol–water partition coefficient (Wildman–Crippen LogP) is 0.460. The molecule has 1 aromatic carbocycles. The molecule has 1 rings (SSSR count). The molecule has 1 unspecified atom stereocenters. The van der Waals surface area contributed by atoms with Crippen LogP contribution >= 0.6 is 0 Å². The van der Waals surface area contributed by atoms with E-state index in [0.29, 0.717) is 5.56 Å². The Morgan fingerprint density at radius 1 is 1.26 bits per heavy atom. The standard InChI is InChI=1S/C12H15FN2O4/c13-9-3-1-8(2-4-9)7-14-12(19)15-10(5-6-16)11(17)18/h1-4,10,16H,5-7H2,(H,17,18)(H2,14,15,19). The minimum atomic E-state index is -1.22. The van der Waals surface area contributed by atoms with E-state index < -0.39 is 18.0 Å². The molecule has 0 aliphatic heterocycles. The Hall–Kier alpha value is -2.15. The molecule has 0 spiro atoms. The number of amides is 2. The molecule has 2 amide bonds. The van der Waals surface area contributed by atoms with Gasteiger partial charge in [0.2, 0.25) is 0 Å². The van der Waals surface area contributed by atoms with Crippen LogP contribution in [0.2, 0.25) is 0 Å². The van der Waals surface area contributed by atoms with E-state index >= 15 is 0 Å². The number of urea groups is 1. The number of benzene rings is 1. The van der Waals surface area contributed by atoms with Gasteiger partial charge >= 0.3 is 12.0 Å². The van der Waals surface area contributed by atoms with Crippen LogP contribution in [-0.2, 0) is 11.3 Å². The molecule has 0 fully saturated rings. The van der Waals surface area contributed by atoms with E-state index in [1.165, 1.54) is 24.3 Å². The summed E-state index contributed by atoms with van der Waals surface area (Å²) in [5, 5.41) is 22.1. The monoisotopic (exact) mass is 270 g/mol. The van der Waals surface area contributed by atoms with Crippen molar-refractivity contribution in [3.05, 3.63) is 35.6 Å². The Bertz CT molecular complexity index is 436. The fraction of sp³-hybridized carbons (Fsp3) is 0.333. The summed E-state index contributed by atoms with van der Waals surface area (Å²) < 4.78 is 12.6. The Balaban J connectivity index is 2.42. The number of aliphatic carboxylic acids is 1. The van der Waals surface area contributed by atoms with Gasteiger partial charge in [-0.05, 0) is 17.7 Å². The molecule has 0 aliphatic rings. The molecule has 1 atom stereocenters. The van der Waals surface area contributed by atoms with E-state index in [1.54, 1.807) is 0 Å². The van der Waals surface area contributed by atoms with Crippen LogP contribution in [0.15, 0.2) is 24.3 Å². The highest BCUT2D eigenvalue weighted by molar-refractivity contribution is 5.82. The second-order valence-electron chi connectivity index (χ2n) is 3.86. The number of aliphatic hydroxyl groups excluding tert-OH is 1. The largest absolute Gasteiger partial charge is 0.480 e. The fourth-order valence-electron chi connectivity index (χ4n) is 1.38. The third kappa shape index (κ3) is 5.35. The van der Waals surface area contributed by atoms with Crippen LogP contribution in [0.3, 0.4) is 0 Å². The molecular formula is C12H15FN2O4. The first-order valence-corrected chi connectivity index (χ1v) is 5.65. The lowest BCUT2D eigenvalue weighted by Crippen LogP contribution is -2.46. The van der Waals surface area contributed by atoms with Crippen LogP contribution < -0.4 is 10.6 Å². The Kier molecular flexibility index (Phi) is 5.74. The van der Waals surface area contributed by atoms with Crippen molar-refractivity contribution in [2.24, 2.45) is 0 Å². The van der Waals surface area contributed by atoms with E-state index in [-0.39, 0.29) is 25.4 Å². The SMILES string of the molecule is O=C(NCc1ccc(F)cc1)NC(CCO)C(=O)O. The Morgan fingerprint density at radius 2 is 1.89 bits per heavy atom. The van der Waals surface area contributed by atoms with Gasteiger partial charge in [-0.3, -0.25) is 0 Å². The van der Waals surface area contributed by atoms with Crippen molar-refractivity contribution < 1.29 is 24.2 Å². The fourth-order valence-corrected chi connectivity index (χ4v) is 1.38. The van der Waals surface area contributed by atoms with Crippen LogP contribution in [0.25, 0.3) is 0 Å². The first kappa shape index (κ1) is 14.9. The highest BCUT2D eigenvalue weighted by Gasteiger charge is 2.18. The van der Waals surface area contributed by atoms with E-state index in [4.69, 9.17) is 10.2 Å². The number of halogens is 1. The molecule has 19 heavy (non-hydrogen) atoms. The molecule has 0 aliphatic carbocycles. The third-order valence-corrected chi connectivity index (χ3v) is 2.39. The van der Waals surface area contributed by atoms with Crippen molar-refractivity contribution in [1.82, 2.24) is 10.6 Å². The van der Waals surface area contributed by atoms with Crippen molar-refractivity contribution in [3.8, 4) is 0 Å². The topological polar surface area (TPSA) is 98.7 Å². The lowest BCUT2D eigenvalue weighted by Gasteiger charge is -2.14. The summed E-state index contributed by atoms with van der Waals surface area (Å²) >= 11 is 0. The van der Waals surface area contributed by atoms with Gasteiger partial charge in [-0.25, -0.2) is 14.0 Å². The lowest BCUT2D eigenvalue weighted by molar-refractivity contribution is -0.139. The summed E-state index contributed by atoms with van der Waals surface area (Å²) in [5.41, 5.74) is 0.686. The summed E-state index contributed by atoms with van der Waals surface area (Å²) in [7, 11) is 0. The zero-order valence-electron chi connectivity index (χ0n) is 10.1. The van der Waals surface area contributed by atoms with Crippen LogP contribution in [0.1, 0.15) is 12.0 Å². The molecule has 0 bridgehead atoms. The van der Waals surface area contributed by atoms with Crippen LogP contribution in [0.4, 0.5) is 9.18 Å².